The van der Waals surface area contributed by atoms with Crippen LogP contribution in [0.4, 0.5) is 4.39 Å². The molecule has 1 aliphatic heterocycles. The van der Waals surface area contributed by atoms with Crippen LogP contribution in [0, 0.1) is 5.82 Å². The van der Waals surface area contributed by atoms with Crippen molar-refractivity contribution in [1.82, 2.24) is 19.9 Å². The molecule has 1 aromatic heterocycles. The Morgan fingerprint density at radius 3 is 2.48 bits per heavy atom. The van der Waals surface area contributed by atoms with E-state index in [-0.39, 0.29) is 5.82 Å². The van der Waals surface area contributed by atoms with Crippen LogP contribution in [-0.4, -0.2) is 46.1 Å². The Morgan fingerprint density at radius 1 is 1.17 bits per heavy atom. The Labute approximate surface area is 140 Å². The molecule has 7 heteroatoms. The van der Waals surface area contributed by atoms with Gasteiger partial charge < -0.3 is 4.52 Å². The van der Waals surface area contributed by atoms with E-state index in [1.165, 1.54) is 6.07 Å². The molecule has 0 amide bonds. The van der Waals surface area contributed by atoms with Gasteiger partial charge in [0.15, 0.2) is 5.82 Å². The number of aryl methyl sites for hydroxylation is 1. The van der Waals surface area contributed by atoms with Crippen LogP contribution in [0.3, 0.4) is 0 Å². The predicted octanol–water partition coefficient (Wildman–Crippen LogP) is 2.74. The van der Waals surface area contributed by atoms with Crippen LogP contribution in [0.15, 0.2) is 22.7 Å². The van der Waals surface area contributed by atoms with E-state index in [2.05, 4.69) is 19.9 Å². The third-order valence-electron chi connectivity index (χ3n) is 4.09. The van der Waals surface area contributed by atoms with Gasteiger partial charge in [-0.05, 0) is 12.1 Å². The summed E-state index contributed by atoms with van der Waals surface area (Å²) in [4.78, 5) is 8.82. The standard InChI is InChI=1S/C16H20ClFN4O/c1-2-15-19-16(23-20-15)11-22-8-6-21(7-9-22)10-12-13(17)4-3-5-14(12)18/h3-5H,2,6-11H2,1H3. The van der Waals surface area contributed by atoms with Gasteiger partial charge in [0.2, 0.25) is 5.89 Å². The number of rotatable bonds is 5. The van der Waals surface area contributed by atoms with Crippen molar-refractivity contribution in [3.8, 4) is 0 Å². The smallest absolute Gasteiger partial charge is 0.240 e. The monoisotopic (exact) mass is 338 g/mol. The number of aromatic nitrogens is 2. The van der Waals surface area contributed by atoms with Crippen molar-refractivity contribution in [3.05, 3.63) is 46.3 Å². The average Bonchev–Trinajstić information content (AvgIpc) is 3.00. The molecule has 0 unspecified atom stereocenters. The second-order valence-electron chi connectivity index (χ2n) is 5.71. The largest absolute Gasteiger partial charge is 0.338 e. The van der Waals surface area contributed by atoms with Crippen LogP contribution in [0.25, 0.3) is 0 Å². The summed E-state index contributed by atoms with van der Waals surface area (Å²) in [5.41, 5.74) is 0.576. The topological polar surface area (TPSA) is 45.4 Å². The van der Waals surface area contributed by atoms with Crippen LogP contribution in [0.2, 0.25) is 5.02 Å². The molecule has 0 spiro atoms. The highest BCUT2D eigenvalue weighted by molar-refractivity contribution is 6.31. The van der Waals surface area contributed by atoms with Crippen molar-refractivity contribution < 1.29 is 8.91 Å². The minimum Gasteiger partial charge on any atom is -0.338 e. The molecule has 0 saturated carbocycles. The van der Waals surface area contributed by atoms with Crippen LogP contribution < -0.4 is 0 Å². The number of hydrogen-bond donors (Lipinski definition) is 0. The second-order valence-corrected chi connectivity index (χ2v) is 6.12. The lowest BCUT2D eigenvalue weighted by Crippen LogP contribution is -2.45. The molecule has 1 aliphatic rings. The maximum atomic E-state index is 13.9. The van der Waals surface area contributed by atoms with Crippen LogP contribution in [0.1, 0.15) is 24.2 Å². The molecule has 23 heavy (non-hydrogen) atoms. The van der Waals surface area contributed by atoms with Crippen LogP contribution in [-0.2, 0) is 19.5 Å². The summed E-state index contributed by atoms with van der Waals surface area (Å²) in [6, 6.07) is 4.82. The SMILES string of the molecule is CCc1noc(CN2CCN(Cc3c(F)cccc3Cl)CC2)n1. The van der Waals surface area contributed by atoms with E-state index in [1.54, 1.807) is 12.1 Å². The Hall–Kier alpha value is -1.50. The van der Waals surface area contributed by atoms with Crippen LogP contribution >= 0.6 is 11.6 Å². The van der Waals surface area contributed by atoms with E-state index in [1.807, 2.05) is 6.92 Å². The fourth-order valence-corrected chi connectivity index (χ4v) is 2.92. The van der Waals surface area contributed by atoms with Crippen LogP contribution in [0.5, 0.6) is 0 Å². The molecule has 0 radical (unpaired) electrons. The maximum Gasteiger partial charge on any atom is 0.240 e. The molecule has 2 aromatic rings. The number of nitrogens with zero attached hydrogens (tertiary/aromatic N) is 4. The number of halogens is 2. The third kappa shape index (κ3) is 4.07. The predicted molar refractivity (Wildman–Crippen MR) is 85.6 cm³/mol. The molecule has 0 bridgehead atoms. The zero-order chi connectivity index (χ0) is 16.2. The lowest BCUT2D eigenvalue weighted by Gasteiger charge is -2.34. The highest BCUT2D eigenvalue weighted by Gasteiger charge is 2.20. The minimum atomic E-state index is -0.238. The van der Waals surface area contributed by atoms with Crippen molar-refractivity contribution in [1.29, 1.82) is 0 Å². The van der Waals surface area contributed by atoms with Gasteiger partial charge in [0, 0.05) is 49.7 Å². The zero-order valence-electron chi connectivity index (χ0n) is 13.1. The van der Waals surface area contributed by atoms with Crippen molar-refractivity contribution in [2.45, 2.75) is 26.4 Å². The van der Waals surface area contributed by atoms with Gasteiger partial charge in [-0.25, -0.2) is 4.39 Å². The Balaban J connectivity index is 1.52. The highest BCUT2D eigenvalue weighted by atomic mass is 35.5. The van der Waals surface area contributed by atoms with Gasteiger partial charge in [-0.2, -0.15) is 4.98 Å². The lowest BCUT2D eigenvalue weighted by atomic mass is 10.2. The molecular weight excluding hydrogens is 319 g/mol. The molecule has 0 N–H and O–H groups in total. The molecule has 124 valence electrons. The Kier molecular flexibility index (Phi) is 5.25. The highest BCUT2D eigenvalue weighted by Crippen LogP contribution is 2.21. The first-order valence-corrected chi connectivity index (χ1v) is 8.22. The third-order valence-corrected chi connectivity index (χ3v) is 4.45. The van der Waals surface area contributed by atoms with Gasteiger partial charge in [-0.15, -0.1) is 0 Å². The maximum absolute atomic E-state index is 13.9. The summed E-state index contributed by atoms with van der Waals surface area (Å²) in [6.07, 6.45) is 0.778. The summed E-state index contributed by atoms with van der Waals surface area (Å²) in [5.74, 6) is 1.16. The van der Waals surface area contributed by atoms with E-state index >= 15 is 0 Å². The first kappa shape index (κ1) is 16.4. The minimum absolute atomic E-state index is 0.238. The van der Waals surface area contributed by atoms with Crippen molar-refractivity contribution in [2.75, 3.05) is 26.2 Å². The van der Waals surface area contributed by atoms with Gasteiger partial charge in [-0.3, -0.25) is 9.80 Å². The summed E-state index contributed by atoms with van der Waals surface area (Å²) < 4.78 is 19.1. The lowest BCUT2D eigenvalue weighted by molar-refractivity contribution is 0.111. The zero-order valence-corrected chi connectivity index (χ0v) is 13.9. The van der Waals surface area contributed by atoms with E-state index in [4.69, 9.17) is 16.1 Å². The molecular formula is C16H20ClFN4O. The van der Waals surface area contributed by atoms with E-state index < -0.39 is 0 Å². The number of hydrogen-bond acceptors (Lipinski definition) is 5. The normalized spacial score (nSPS) is 16.8. The molecule has 1 saturated heterocycles. The van der Waals surface area contributed by atoms with Gasteiger partial charge in [-0.1, -0.05) is 29.7 Å². The van der Waals surface area contributed by atoms with Crippen molar-refractivity contribution >= 4 is 11.6 Å². The van der Waals surface area contributed by atoms with E-state index in [0.29, 0.717) is 29.6 Å². The molecule has 5 nitrogen and oxygen atoms in total. The van der Waals surface area contributed by atoms with E-state index in [0.717, 1.165) is 38.4 Å². The summed E-state index contributed by atoms with van der Waals surface area (Å²) in [7, 11) is 0. The van der Waals surface area contributed by atoms with Crippen molar-refractivity contribution in [3.63, 3.8) is 0 Å². The molecule has 0 atom stereocenters. The fourth-order valence-electron chi connectivity index (χ4n) is 2.70. The van der Waals surface area contributed by atoms with Gasteiger partial charge in [0.25, 0.3) is 0 Å². The second kappa shape index (κ2) is 7.38. The molecule has 1 fully saturated rings. The summed E-state index contributed by atoms with van der Waals surface area (Å²) >= 11 is 6.10. The molecule has 2 heterocycles. The molecule has 1 aromatic carbocycles. The molecule has 0 aliphatic carbocycles. The average molecular weight is 339 g/mol. The van der Waals surface area contributed by atoms with Gasteiger partial charge in [0.05, 0.1) is 6.54 Å². The van der Waals surface area contributed by atoms with Crippen molar-refractivity contribution in [2.24, 2.45) is 0 Å². The summed E-state index contributed by atoms with van der Waals surface area (Å²) in [5, 5.41) is 4.40. The quantitative estimate of drug-likeness (QED) is 0.838. The fraction of sp³-hybridized carbons (Fsp3) is 0.500. The van der Waals surface area contributed by atoms with E-state index in [9.17, 15) is 4.39 Å². The first-order chi connectivity index (χ1) is 11.2. The van der Waals surface area contributed by atoms with Gasteiger partial charge in [0.1, 0.15) is 5.82 Å². The number of piperazine rings is 1. The Bertz CT molecular complexity index is 635. The Morgan fingerprint density at radius 2 is 1.87 bits per heavy atom. The summed E-state index contributed by atoms with van der Waals surface area (Å²) in [6.45, 7) is 6.70. The molecule has 3 rings (SSSR count). The first-order valence-electron chi connectivity index (χ1n) is 7.84. The van der Waals surface area contributed by atoms with Gasteiger partial charge >= 0.3 is 0 Å². The number of benzene rings is 1.